The summed E-state index contributed by atoms with van der Waals surface area (Å²) >= 11 is 0. The first kappa shape index (κ1) is 18.4. The monoisotopic (exact) mass is 376 g/mol. The predicted molar refractivity (Wildman–Crippen MR) is 103 cm³/mol. The van der Waals surface area contributed by atoms with E-state index in [0.717, 1.165) is 29.8 Å². The van der Waals surface area contributed by atoms with Gasteiger partial charge in [0.05, 0.1) is 0 Å². The van der Waals surface area contributed by atoms with E-state index in [1.807, 2.05) is 11.0 Å². The van der Waals surface area contributed by atoms with Gasteiger partial charge in [0.2, 0.25) is 11.8 Å². The second-order valence-electron chi connectivity index (χ2n) is 7.00. The number of carbonyl (C=O) groups excluding carboxylic acids is 3. The van der Waals surface area contributed by atoms with Crippen molar-refractivity contribution in [2.45, 2.75) is 25.4 Å². The van der Waals surface area contributed by atoms with Gasteiger partial charge in [-0.05, 0) is 6.42 Å². The number of fused-ring (bicyclic) bond motifs is 1. The summed E-state index contributed by atoms with van der Waals surface area (Å²) in [6.45, 7) is 2.77. The third-order valence-corrected chi connectivity index (χ3v) is 5.14. The summed E-state index contributed by atoms with van der Waals surface area (Å²) in [5, 5.41) is 2.31. The standard InChI is InChI=1S/C20H19BN3O4/c21-17-12-23(17)8-10-28-9-2-4-13-3-1-5-14-15(13)11-24(20(14)27)16-6-7-18(25)22-19(16)26/h1,3,5,16H,6-12H2,(H,22,25,26). The average Bonchev–Trinajstić information content (AvgIpc) is 3.27. The fourth-order valence-corrected chi connectivity index (χ4v) is 3.51. The van der Waals surface area contributed by atoms with Crippen molar-refractivity contribution < 1.29 is 19.1 Å². The quantitative estimate of drug-likeness (QED) is 0.245. The fourth-order valence-electron chi connectivity index (χ4n) is 3.51. The molecule has 1 aromatic rings. The van der Waals surface area contributed by atoms with Crippen LogP contribution in [0, 0.1) is 11.8 Å². The van der Waals surface area contributed by atoms with Crippen LogP contribution in [0.2, 0.25) is 0 Å². The number of ether oxygens (including phenoxy) is 1. The van der Waals surface area contributed by atoms with Crippen molar-refractivity contribution in [3.8, 4) is 11.8 Å². The van der Waals surface area contributed by atoms with Crippen LogP contribution in [0.5, 0.6) is 0 Å². The molecule has 4 rings (SSSR count). The van der Waals surface area contributed by atoms with Gasteiger partial charge in [0.1, 0.15) is 6.04 Å². The molecule has 3 aliphatic rings. The maximum atomic E-state index is 12.8. The molecule has 0 bridgehead atoms. The Morgan fingerprint density at radius 2 is 2.07 bits per heavy atom. The number of rotatable bonds is 5. The first-order chi connectivity index (χ1) is 13.5. The van der Waals surface area contributed by atoms with Crippen LogP contribution in [0.15, 0.2) is 18.2 Å². The summed E-state index contributed by atoms with van der Waals surface area (Å²) in [6, 6.07) is 4.77. The first-order valence-corrected chi connectivity index (χ1v) is 9.24. The molecule has 7 nitrogen and oxygen atoms in total. The summed E-state index contributed by atoms with van der Waals surface area (Å²) in [4.78, 5) is 39.8. The van der Waals surface area contributed by atoms with Gasteiger partial charge in [-0.15, -0.1) is 0 Å². The molecule has 0 spiro atoms. The molecule has 28 heavy (non-hydrogen) atoms. The Bertz CT molecular complexity index is 933. The SMILES string of the molecule is [B]=C1CN1CCOCC#Cc1cccc2c1CN(C1CCC(=O)NC1=O)C2=O. The summed E-state index contributed by atoms with van der Waals surface area (Å²) in [6.07, 6.45) is 0.583. The van der Waals surface area contributed by atoms with E-state index in [9.17, 15) is 14.4 Å². The van der Waals surface area contributed by atoms with Crippen molar-refractivity contribution in [2.24, 2.45) is 0 Å². The molecule has 1 atom stereocenters. The molecular formula is C20H19BN3O4. The van der Waals surface area contributed by atoms with Crippen molar-refractivity contribution in [1.82, 2.24) is 15.1 Å². The molecule has 3 heterocycles. The minimum atomic E-state index is -0.622. The number of piperidine rings is 1. The zero-order valence-corrected chi connectivity index (χ0v) is 15.4. The molecular weight excluding hydrogens is 357 g/mol. The Kier molecular flexibility index (Phi) is 5.01. The number of hydrogen-bond donors (Lipinski definition) is 1. The minimum Gasteiger partial charge on any atom is -0.295 e. The van der Waals surface area contributed by atoms with Gasteiger partial charge in [0.25, 0.3) is 0 Å². The molecule has 1 aromatic carbocycles. The Morgan fingerprint density at radius 1 is 1.25 bits per heavy atom. The normalized spacial score (nSPS) is 20.6. The zero-order chi connectivity index (χ0) is 19.7. The van der Waals surface area contributed by atoms with Crippen molar-refractivity contribution in [3.05, 3.63) is 34.9 Å². The van der Waals surface area contributed by atoms with Crippen molar-refractivity contribution in [2.75, 3.05) is 26.3 Å². The van der Waals surface area contributed by atoms with E-state index in [0.29, 0.717) is 31.7 Å². The van der Waals surface area contributed by atoms with E-state index in [-0.39, 0.29) is 18.2 Å². The van der Waals surface area contributed by atoms with Gasteiger partial charge in [-0.2, -0.15) is 0 Å². The smallest absolute Gasteiger partial charge is 0.295 e. The van der Waals surface area contributed by atoms with Gasteiger partial charge in [-0.3, -0.25) is 19.7 Å². The van der Waals surface area contributed by atoms with Gasteiger partial charge < -0.3 is 0 Å². The number of nitrogens with one attached hydrogen (secondary N) is 1. The molecule has 1 radical (unpaired) electrons. The molecule has 1 N–H and O–H groups in total. The molecule has 2 fully saturated rings. The number of imide groups is 1. The number of benzene rings is 1. The minimum absolute atomic E-state index is 0.197. The predicted octanol–water partition coefficient (Wildman–Crippen LogP) is -0.570. The molecule has 3 aliphatic heterocycles. The Balaban J connectivity index is 1.40. The maximum absolute atomic E-state index is 12.8. The average molecular weight is 376 g/mol. The van der Waals surface area contributed by atoms with Crippen molar-refractivity contribution in [1.29, 1.82) is 0 Å². The number of carbonyl (C=O) groups is 3. The summed E-state index contributed by atoms with van der Waals surface area (Å²) < 4.78 is 5.49. The molecule has 0 aliphatic carbocycles. The summed E-state index contributed by atoms with van der Waals surface area (Å²) in [5.41, 5.74) is 3.02. The molecule has 0 aromatic heterocycles. The van der Waals surface area contributed by atoms with E-state index in [4.69, 9.17) is 12.2 Å². The third kappa shape index (κ3) is 3.71. The van der Waals surface area contributed by atoms with Gasteiger partial charge >= 0.3 is 113 Å². The number of amides is 3. The Morgan fingerprint density at radius 3 is 2.82 bits per heavy atom. The second-order valence-corrected chi connectivity index (χ2v) is 7.00. The molecule has 1 unspecified atom stereocenters. The first-order valence-electron chi connectivity index (χ1n) is 9.24. The Hall–Kier alpha value is -2.92. The van der Waals surface area contributed by atoms with Crippen molar-refractivity contribution in [3.63, 3.8) is 0 Å². The van der Waals surface area contributed by atoms with Crippen LogP contribution in [0.1, 0.15) is 34.3 Å². The van der Waals surface area contributed by atoms with Crippen LogP contribution in [0.3, 0.4) is 0 Å². The number of nitrogens with zero attached hydrogens (tertiary/aromatic N) is 2. The van der Waals surface area contributed by atoms with Crippen LogP contribution in [-0.2, 0) is 20.9 Å². The summed E-state index contributed by atoms with van der Waals surface area (Å²) in [7, 11) is 5.61. The van der Waals surface area contributed by atoms with Gasteiger partial charge in [-0.25, -0.2) is 0 Å². The third-order valence-electron chi connectivity index (χ3n) is 5.14. The molecule has 2 saturated heterocycles. The van der Waals surface area contributed by atoms with E-state index in [1.165, 1.54) is 4.90 Å². The van der Waals surface area contributed by atoms with Gasteiger partial charge in [0, 0.05) is 6.42 Å². The molecule has 3 amide bonds. The van der Waals surface area contributed by atoms with E-state index in [1.54, 1.807) is 12.1 Å². The van der Waals surface area contributed by atoms with E-state index >= 15 is 0 Å². The van der Waals surface area contributed by atoms with Crippen LogP contribution in [-0.4, -0.2) is 72.9 Å². The van der Waals surface area contributed by atoms with Gasteiger partial charge in [-0.1, -0.05) is 0 Å². The fraction of sp³-hybridized carbons (Fsp3) is 0.400. The molecule has 0 saturated carbocycles. The zero-order valence-electron chi connectivity index (χ0n) is 15.4. The molecule has 8 heteroatoms. The van der Waals surface area contributed by atoms with Gasteiger partial charge in [0.15, 0.2) is 0 Å². The van der Waals surface area contributed by atoms with Crippen molar-refractivity contribution >= 4 is 30.8 Å². The molecule has 141 valence electrons. The topological polar surface area (TPSA) is 78.7 Å². The number of hydrogen-bond acceptors (Lipinski definition) is 5. The second kappa shape index (κ2) is 7.60. The Labute approximate surface area is 164 Å². The van der Waals surface area contributed by atoms with E-state index < -0.39 is 11.9 Å². The van der Waals surface area contributed by atoms with Crippen LogP contribution in [0.25, 0.3) is 0 Å². The van der Waals surface area contributed by atoms with Crippen LogP contribution < -0.4 is 5.32 Å². The summed E-state index contributed by atoms with van der Waals surface area (Å²) in [5.74, 6) is 5.14. The van der Waals surface area contributed by atoms with Crippen LogP contribution in [0.4, 0.5) is 0 Å². The van der Waals surface area contributed by atoms with E-state index in [2.05, 4.69) is 17.2 Å². The van der Waals surface area contributed by atoms with Crippen LogP contribution >= 0.6 is 0 Å².